The Morgan fingerprint density at radius 3 is 1.26 bits per heavy atom. The third-order valence-electron chi connectivity index (χ3n) is 13.5. The van der Waals surface area contributed by atoms with Gasteiger partial charge >= 0.3 is 0 Å². The first-order chi connectivity index (χ1) is 30.0. The number of rotatable bonds is 5. The van der Waals surface area contributed by atoms with Gasteiger partial charge < -0.3 is 0 Å². The number of hydrogen-bond donors (Lipinski definition) is 0. The Kier molecular flexibility index (Phi) is 8.10. The van der Waals surface area contributed by atoms with Crippen LogP contribution in [0.3, 0.4) is 0 Å². The van der Waals surface area contributed by atoms with Crippen LogP contribution in [-0.2, 0) is 0 Å². The summed E-state index contributed by atoms with van der Waals surface area (Å²) in [5, 5.41) is 13.4. The van der Waals surface area contributed by atoms with Gasteiger partial charge in [-0.1, -0.05) is 219 Å². The zero-order valence-corrected chi connectivity index (χ0v) is 35.3. The van der Waals surface area contributed by atoms with Gasteiger partial charge in [-0.05, 0) is 132 Å². The van der Waals surface area contributed by atoms with E-state index >= 15 is 0 Å². The van der Waals surface area contributed by atoms with Gasteiger partial charge in [-0.2, -0.15) is 0 Å². The lowest BCUT2D eigenvalue weighted by Crippen LogP contribution is -2.49. The molecule has 0 bridgehead atoms. The van der Waals surface area contributed by atoms with E-state index in [9.17, 15) is 0 Å². The second kappa shape index (κ2) is 13.9. The maximum absolute atomic E-state index is 2.61. The van der Waals surface area contributed by atoms with Crippen molar-refractivity contribution in [2.24, 2.45) is 0 Å². The Morgan fingerprint density at radius 1 is 0.246 bits per heavy atom. The van der Waals surface area contributed by atoms with Crippen LogP contribution in [0.5, 0.6) is 0 Å². The molecule has 0 unspecified atom stereocenters. The van der Waals surface area contributed by atoms with E-state index in [4.69, 9.17) is 0 Å². The summed E-state index contributed by atoms with van der Waals surface area (Å²) < 4.78 is 0. The van der Waals surface area contributed by atoms with Gasteiger partial charge in [-0.15, -0.1) is 0 Å². The lowest BCUT2D eigenvalue weighted by molar-refractivity contribution is 1.60. The normalized spacial score (nSPS) is 12.9. The van der Waals surface area contributed by atoms with Gasteiger partial charge in [0.05, 0.1) is 0 Å². The SMILES string of the molecule is C[Si]1(C)c2cc(-c3cc4ccccc4c4ccccc34)ccc2-c2cc3c(-c4ccc(-c5ccccc5)cc4)c4ccccc4c(-c4ccc(-c5ccccc5)cc4)c3cc21. The van der Waals surface area contributed by atoms with E-state index in [1.165, 1.54) is 120 Å². The van der Waals surface area contributed by atoms with Crippen molar-refractivity contribution in [3.05, 3.63) is 218 Å². The summed E-state index contributed by atoms with van der Waals surface area (Å²) in [5.41, 5.74) is 15.4. The highest BCUT2D eigenvalue weighted by atomic mass is 28.3. The van der Waals surface area contributed by atoms with Crippen molar-refractivity contribution in [2.75, 3.05) is 0 Å². The molecule has 1 heterocycles. The van der Waals surface area contributed by atoms with Crippen molar-refractivity contribution >= 4 is 61.5 Å². The van der Waals surface area contributed by atoms with E-state index < -0.39 is 8.07 Å². The molecular weight excluding hydrogens is 749 g/mol. The number of benzene rings is 11. The molecule has 0 aliphatic carbocycles. The molecule has 0 spiro atoms. The molecule has 1 heteroatoms. The van der Waals surface area contributed by atoms with E-state index in [1.807, 2.05) is 0 Å². The van der Waals surface area contributed by atoms with Crippen LogP contribution < -0.4 is 10.4 Å². The predicted octanol–water partition coefficient (Wildman–Crippen LogP) is 15.4. The summed E-state index contributed by atoms with van der Waals surface area (Å²) in [6.07, 6.45) is 0. The zero-order chi connectivity index (χ0) is 40.7. The maximum Gasteiger partial charge on any atom is 0.113 e. The third-order valence-corrected chi connectivity index (χ3v) is 17.0. The van der Waals surface area contributed by atoms with Crippen molar-refractivity contribution < 1.29 is 0 Å². The van der Waals surface area contributed by atoms with E-state index in [0.717, 1.165) is 0 Å². The highest BCUT2D eigenvalue weighted by Crippen LogP contribution is 2.47. The first kappa shape index (κ1) is 35.6. The molecule has 0 N–H and O–H groups in total. The fraction of sp³-hybridized carbons (Fsp3) is 0.0333. The maximum atomic E-state index is 2.61. The monoisotopic (exact) mass is 790 g/mol. The van der Waals surface area contributed by atoms with Crippen molar-refractivity contribution in [3.63, 3.8) is 0 Å². The fourth-order valence-electron chi connectivity index (χ4n) is 10.4. The lowest BCUT2D eigenvalue weighted by atomic mass is 9.84. The van der Waals surface area contributed by atoms with Crippen LogP contribution in [0, 0.1) is 0 Å². The van der Waals surface area contributed by atoms with Crippen molar-refractivity contribution in [3.8, 4) is 66.8 Å². The smallest absolute Gasteiger partial charge is 0.0622 e. The van der Waals surface area contributed by atoms with Crippen LogP contribution in [0.2, 0.25) is 13.1 Å². The number of hydrogen-bond acceptors (Lipinski definition) is 0. The largest absolute Gasteiger partial charge is 0.113 e. The molecule has 0 nitrogen and oxygen atoms in total. The van der Waals surface area contributed by atoms with Crippen LogP contribution in [0.4, 0.5) is 0 Å². The third kappa shape index (κ3) is 5.65. The summed E-state index contributed by atoms with van der Waals surface area (Å²) in [6, 6.07) is 81.6. The van der Waals surface area contributed by atoms with E-state index in [1.54, 1.807) is 0 Å². The summed E-state index contributed by atoms with van der Waals surface area (Å²) >= 11 is 0. The molecule has 12 rings (SSSR count). The summed E-state index contributed by atoms with van der Waals surface area (Å²) in [5.74, 6) is 0. The van der Waals surface area contributed by atoms with Gasteiger partial charge in [0.1, 0.15) is 8.07 Å². The van der Waals surface area contributed by atoms with Gasteiger partial charge in [-0.3, -0.25) is 0 Å². The first-order valence-electron chi connectivity index (χ1n) is 21.4. The van der Waals surface area contributed by atoms with Crippen molar-refractivity contribution in [2.45, 2.75) is 13.1 Å². The van der Waals surface area contributed by atoms with E-state index in [-0.39, 0.29) is 0 Å². The van der Waals surface area contributed by atoms with Gasteiger partial charge in [0, 0.05) is 0 Å². The summed E-state index contributed by atoms with van der Waals surface area (Å²) in [7, 11) is -2.17. The first-order valence-corrected chi connectivity index (χ1v) is 24.4. The molecule has 0 saturated carbocycles. The van der Waals surface area contributed by atoms with Crippen LogP contribution in [-0.4, -0.2) is 8.07 Å². The second-order valence-electron chi connectivity index (χ2n) is 17.2. The molecule has 0 saturated heterocycles. The van der Waals surface area contributed by atoms with Gasteiger partial charge in [0.15, 0.2) is 0 Å². The molecule has 11 aromatic rings. The van der Waals surface area contributed by atoms with Gasteiger partial charge in [-0.25, -0.2) is 0 Å². The average molecular weight is 791 g/mol. The van der Waals surface area contributed by atoms with Gasteiger partial charge in [0.25, 0.3) is 0 Å². The fourth-order valence-corrected chi connectivity index (χ4v) is 13.5. The van der Waals surface area contributed by atoms with E-state index in [0.29, 0.717) is 0 Å². The van der Waals surface area contributed by atoms with Crippen molar-refractivity contribution in [1.29, 1.82) is 0 Å². The Bertz CT molecular complexity index is 3510. The predicted molar refractivity (Wildman–Crippen MR) is 266 cm³/mol. The van der Waals surface area contributed by atoms with Crippen LogP contribution in [0.15, 0.2) is 218 Å². The lowest BCUT2D eigenvalue weighted by Gasteiger charge is -2.23. The molecule has 0 atom stereocenters. The molecule has 0 amide bonds. The van der Waals surface area contributed by atoms with Crippen molar-refractivity contribution in [1.82, 2.24) is 0 Å². The summed E-state index contributed by atoms with van der Waals surface area (Å²) in [4.78, 5) is 0. The molecule has 0 aromatic heterocycles. The Morgan fingerprint density at radius 2 is 0.672 bits per heavy atom. The minimum atomic E-state index is -2.17. The second-order valence-corrected chi connectivity index (χ2v) is 21.5. The molecular formula is C60H42Si. The van der Waals surface area contributed by atoms with Crippen LogP contribution in [0.1, 0.15) is 0 Å². The van der Waals surface area contributed by atoms with E-state index in [2.05, 4.69) is 231 Å². The van der Waals surface area contributed by atoms with Crippen LogP contribution in [0.25, 0.3) is 110 Å². The Hall–Kier alpha value is -7.32. The topological polar surface area (TPSA) is 0 Å². The standard InChI is InChI=1S/C60H42Si/c1-61(2)57-36-46(53-35-45-19-9-10-20-47(45)48-21-11-12-22-49(48)53)33-34-50(57)54-37-55-56(38-58(54)61)60(44-31-27-42(28-32-44)40-17-7-4-8-18-40)52-24-14-13-23-51(52)59(55)43-29-25-41(26-30-43)39-15-5-3-6-16-39/h3-38H,1-2H3. The molecule has 286 valence electrons. The molecule has 1 aliphatic rings. The highest BCUT2D eigenvalue weighted by Gasteiger charge is 2.38. The minimum absolute atomic E-state index is 1.23. The molecule has 0 radical (unpaired) electrons. The molecule has 61 heavy (non-hydrogen) atoms. The van der Waals surface area contributed by atoms with Gasteiger partial charge in [0.2, 0.25) is 0 Å². The summed E-state index contributed by atoms with van der Waals surface area (Å²) in [6.45, 7) is 5.12. The molecule has 11 aromatic carbocycles. The minimum Gasteiger partial charge on any atom is -0.0622 e. The zero-order valence-electron chi connectivity index (χ0n) is 34.3. The quantitative estimate of drug-likeness (QED) is 0.0925. The molecule has 1 aliphatic heterocycles. The Labute approximate surface area is 358 Å². The average Bonchev–Trinajstić information content (AvgIpc) is 3.54. The van der Waals surface area contributed by atoms with Crippen LogP contribution >= 0.6 is 0 Å². The highest BCUT2D eigenvalue weighted by molar-refractivity contribution is 7.04. The Balaban J connectivity index is 1.10. The number of fused-ring (bicyclic) bond motifs is 8. The molecule has 0 fully saturated rings.